The third kappa shape index (κ3) is 2.86. The zero-order valence-corrected chi connectivity index (χ0v) is 14.0. The lowest BCUT2D eigenvalue weighted by Gasteiger charge is -2.41. The third-order valence-electron chi connectivity index (χ3n) is 4.65. The molecule has 0 unspecified atom stereocenters. The summed E-state index contributed by atoms with van der Waals surface area (Å²) in [6.45, 7) is 5.73. The topological polar surface area (TPSA) is 105 Å². The second-order valence-electron chi connectivity index (χ2n) is 6.86. The molecule has 0 aliphatic heterocycles. The number of aryl methyl sites for hydroxylation is 1. The molecule has 1 fully saturated rings. The van der Waals surface area contributed by atoms with Crippen molar-refractivity contribution in [1.82, 2.24) is 15.5 Å². The first-order chi connectivity index (χ1) is 11.3. The number of carboxylic acids is 1. The van der Waals surface area contributed by atoms with Crippen LogP contribution in [-0.2, 0) is 4.79 Å². The fourth-order valence-corrected chi connectivity index (χ4v) is 3.14. The number of amides is 1. The van der Waals surface area contributed by atoms with Gasteiger partial charge in [-0.2, -0.15) is 0 Å². The highest BCUT2D eigenvalue weighted by Crippen LogP contribution is 2.36. The quantitative estimate of drug-likeness (QED) is 0.873. The number of hydrogen-bond donors (Lipinski definition) is 2. The molecule has 2 aromatic rings. The Kier molecular flexibility index (Phi) is 4.03. The van der Waals surface area contributed by atoms with Crippen molar-refractivity contribution in [1.29, 1.82) is 0 Å². The van der Waals surface area contributed by atoms with Gasteiger partial charge in [-0.3, -0.25) is 9.59 Å². The Hall–Kier alpha value is -2.44. The molecule has 0 spiro atoms. The van der Waals surface area contributed by atoms with Crippen molar-refractivity contribution < 1.29 is 19.2 Å². The number of nitrogens with one attached hydrogen (secondary N) is 1. The second kappa shape index (κ2) is 5.89. The van der Waals surface area contributed by atoms with Gasteiger partial charge in [0.05, 0.1) is 28.6 Å². The molecule has 7 nitrogen and oxygen atoms in total. The fourth-order valence-electron chi connectivity index (χ4n) is 3.14. The van der Waals surface area contributed by atoms with Gasteiger partial charge in [-0.25, -0.2) is 4.98 Å². The summed E-state index contributed by atoms with van der Waals surface area (Å²) >= 11 is 0. The highest BCUT2D eigenvalue weighted by molar-refractivity contribution is 6.06. The lowest BCUT2D eigenvalue weighted by molar-refractivity contribution is -0.139. The molecule has 128 valence electrons. The molecule has 0 aromatic carbocycles. The minimum atomic E-state index is -0.904. The zero-order valence-electron chi connectivity index (χ0n) is 14.0. The number of nitrogens with zero attached hydrogens (tertiary/aromatic N) is 2. The maximum absolute atomic E-state index is 12.9. The summed E-state index contributed by atoms with van der Waals surface area (Å²) in [5, 5.41) is 16.5. The van der Waals surface area contributed by atoms with E-state index in [0.717, 1.165) is 12.1 Å². The van der Waals surface area contributed by atoms with Crippen LogP contribution in [0.2, 0.25) is 0 Å². The van der Waals surface area contributed by atoms with E-state index in [4.69, 9.17) is 9.63 Å². The Morgan fingerprint density at radius 1 is 1.42 bits per heavy atom. The van der Waals surface area contributed by atoms with Gasteiger partial charge in [0.25, 0.3) is 11.6 Å². The van der Waals surface area contributed by atoms with E-state index in [-0.39, 0.29) is 18.2 Å². The van der Waals surface area contributed by atoms with Crippen LogP contribution in [0.4, 0.5) is 0 Å². The summed E-state index contributed by atoms with van der Waals surface area (Å²) in [5.41, 5.74) is 1.47. The van der Waals surface area contributed by atoms with Crippen molar-refractivity contribution in [2.24, 2.45) is 0 Å². The lowest BCUT2D eigenvalue weighted by atomic mass is 9.74. The van der Waals surface area contributed by atoms with E-state index in [0.29, 0.717) is 35.2 Å². The van der Waals surface area contributed by atoms with E-state index in [1.54, 1.807) is 13.0 Å². The molecule has 1 saturated carbocycles. The summed E-state index contributed by atoms with van der Waals surface area (Å²) in [4.78, 5) is 28.4. The number of hydrogen-bond acceptors (Lipinski definition) is 5. The van der Waals surface area contributed by atoms with Crippen molar-refractivity contribution in [2.75, 3.05) is 0 Å². The van der Waals surface area contributed by atoms with Gasteiger partial charge < -0.3 is 14.9 Å². The Labute approximate surface area is 139 Å². The Morgan fingerprint density at radius 3 is 2.67 bits per heavy atom. The predicted molar refractivity (Wildman–Crippen MR) is 86.9 cm³/mol. The molecular weight excluding hydrogens is 310 g/mol. The van der Waals surface area contributed by atoms with Gasteiger partial charge in [-0.05, 0) is 38.2 Å². The Morgan fingerprint density at radius 2 is 2.12 bits per heavy atom. The fraction of sp³-hybridized carbons (Fsp3) is 0.529. The zero-order chi connectivity index (χ0) is 17.5. The highest BCUT2D eigenvalue weighted by atomic mass is 16.5. The molecule has 24 heavy (non-hydrogen) atoms. The van der Waals surface area contributed by atoms with E-state index in [9.17, 15) is 9.59 Å². The average Bonchev–Trinajstić information content (AvgIpc) is 2.85. The molecule has 2 aromatic heterocycles. The van der Waals surface area contributed by atoms with Crippen molar-refractivity contribution >= 4 is 23.0 Å². The first kappa shape index (κ1) is 16.4. The van der Waals surface area contributed by atoms with Crippen LogP contribution in [0, 0.1) is 6.92 Å². The third-order valence-corrected chi connectivity index (χ3v) is 4.65. The molecule has 2 heterocycles. The standard InChI is InChI=1S/C17H21N3O4/c1-9(2)12-7-11(14-10(3)20-24-16(14)18-12)15(23)19-17(5-4-6-17)8-13(21)22/h7,9H,4-6,8H2,1-3H3,(H,19,23)(H,21,22). The maximum atomic E-state index is 12.9. The molecular formula is C17H21N3O4. The summed E-state index contributed by atoms with van der Waals surface area (Å²) in [6.07, 6.45) is 2.22. The van der Waals surface area contributed by atoms with E-state index < -0.39 is 11.5 Å². The van der Waals surface area contributed by atoms with Gasteiger partial charge in [0.15, 0.2) is 0 Å². The van der Waals surface area contributed by atoms with E-state index in [1.165, 1.54) is 0 Å². The molecule has 0 saturated heterocycles. The van der Waals surface area contributed by atoms with Crippen molar-refractivity contribution in [3.8, 4) is 0 Å². The molecule has 0 bridgehead atoms. The molecule has 3 rings (SSSR count). The van der Waals surface area contributed by atoms with Crippen LogP contribution in [-0.4, -0.2) is 32.7 Å². The molecule has 0 atom stereocenters. The maximum Gasteiger partial charge on any atom is 0.305 e. The van der Waals surface area contributed by atoms with Gasteiger partial charge in [-0.1, -0.05) is 19.0 Å². The van der Waals surface area contributed by atoms with Crippen molar-refractivity contribution in [3.05, 3.63) is 23.0 Å². The summed E-state index contributed by atoms with van der Waals surface area (Å²) in [7, 11) is 0. The first-order valence-electron chi connectivity index (χ1n) is 8.12. The lowest BCUT2D eigenvalue weighted by Crippen LogP contribution is -2.54. The monoisotopic (exact) mass is 331 g/mol. The molecule has 7 heteroatoms. The number of aliphatic carboxylic acids is 1. The van der Waals surface area contributed by atoms with Crippen LogP contribution in [0.1, 0.15) is 67.2 Å². The first-order valence-corrected chi connectivity index (χ1v) is 8.12. The van der Waals surface area contributed by atoms with Crippen molar-refractivity contribution in [2.45, 2.75) is 57.9 Å². The smallest absolute Gasteiger partial charge is 0.305 e. The summed E-state index contributed by atoms with van der Waals surface area (Å²) in [6, 6.07) is 1.75. The van der Waals surface area contributed by atoms with Gasteiger partial charge >= 0.3 is 5.97 Å². The van der Waals surface area contributed by atoms with E-state index in [1.807, 2.05) is 13.8 Å². The molecule has 2 N–H and O–H groups in total. The number of carboxylic acid groups (broad SMARTS) is 1. The van der Waals surface area contributed by atoms with Gasteiger partial charge in [0.2, 0.25) is 0 Å². The number of aromatic nitrogens is 2. The largest absolute Gasteiger partial charge is 0.481 e. The molecule has 0 radical (unpaired) electrons. The number of carbonyl (C=O) groups excluding carboxylic acids is 1. The van der Waals surface area contributed by atoms with Crippen LogP contribution in [0.5, 0.6) is 0 Å². The Balaban J connectivity index is 1.99. The molecule has 1 aliphatic rings. The van der Waals surface area contributed by atoms with Crippen LogP contribution in [0.3, 0.4) is 0 Å². The van der Waals surface area contributed by atoms with Gasteiger partial charge in [0, 0.05) is 5.69 Å². The second-order valence-corrected chi connectivity index (χ2v) is 6.86. The number of fused-ring (bicyclic) bond motifs is 1. The van der Waals surface area contributed by atoms with Gasteiger partial charge in [-0.15, -0.1) is 0 Å². The minimum Gasteiger partial charge on any atom is -0.481 e. The van der Waals surface area contributed by atoms with Crippen LogP contribution in [0.25, 0.3) is 11.1 Å². The predicted octanol–water partition coefficient (Wildman–Crippen LogP) is 2.78. The van der Waals surface area contributed by atoms with Crippen LogP contribution in [0.15, 0.2) is 10.6 Å². The van der Waals surface area contributed by atoms with Gasteiger partial charge in [0.1, 0.15) is 0 Å². The minimum absolute atomic E-state index is 0.0629. The Bertz CT molecular complexity index is 806. The number of pyridine rings is 1. The number of carbonyl (C=O) groups is 2. The molecule has 1 amide bonds. The normalized spacial score (nSPS) is 16.2. The summed E-state index contributed by atoms with van der Waals surface area (Å²) < 4.78 is 5.23. The summed E-state index contributed by atoms with van der Waals surface area (Å²) in [5.74, 6) is -1.07. The average molecular weight is 331 g/mol. The van der Waals surface area contributed by atoms with E-state index in [2.05, 4.69) is 15.5 Å². The van der Waals surface area contributed by atoms with Crippen LogP contribution >= 0.6 is 0 Å². The van der Waals surface area contributed by atoms with E-state index >= 15 is 0 Å². The molecule has 1 aliphatic carbocycles. The number of rotatable bonds is 5. The van der Waals surface area contributed by atoms with Crippen LogP contribution < -0.4 is 5.32 Å². The van der Waals surface area contributed by atoms with Crippen molar-refractivity contribution in [3.63, 3.8) is 0 Å². The highest BCUT2D eigenvalue weighted by Gasteiger charge is 2.41. The SMILES string of the molecule is Cc1noc2nc(C(C)C)cc(C(=O)NC3(CC(=O)O)CCC3)c12.